The van der Waals surface area contributed by atoms with Gasteiger partial charge in [0.15, 0.2) is 0 Å². The van der Waals surface area contributed by atoms with E-state index >= 15 is 0 Å². The molecule has 3 rings (SSSR count). The molecule has 1 saturated heterocycles. The number of hydrogen-bond acceptors (Lipinski definition) is 3. The number of para-hydroxylation sites is 1. The van der Waals surface area contributed by atoms with Gasteiger partial charge >= 0.3 is 0 Å². The molecular weight excluding hydrogens is 372 g/mol. The van der Waals surface area contributed by atoms with E-state index in [1.54, 1.807) is 41.3 Å². The minimum absolute atomic E-state index is 0.142. The number of rotatable bonds is 6. The monoisotopic (exact) mass is 400 g/mol. The van der Waals surface area contributed by atoms with Gasteiger partial charge in [0.25, 0.3) is 10.0 Å². The zero-order valence-electron chi connectivity index (χ0n) is 16.5. The molecule has 1 aliphatic rings. The molecule has 28 heavy (non-hydrogen) atoms. The Morgan fingerprint density at radius 2 is 1.79 bits per heavy atom. The van der Waals surface area contributed by atoms with Crippen LogP contribution in [0.1, 0.15) is 32.3 Å². The van der Waals surface area contributed by atoms with Gasteiger partial charge in [-0.05, 0) is 48.9 Å². The first-order valence-corrected chi connectivity index (χ1v) is 11.3. The number of nitrogens with zero attached hydrogens (tertiary/aromatic N) is 2. The van der Waals surface area contributed by atoms with Crippen LogP contribution in [-0.2, 0) is 21.2 Å². The van der Waals surface area contributed by atoms with Crippen molar-refractivity contribution in [2.24, 2.45) is 5.92 Å². The van der Waals surface area contributed by atoms with Crippen molar-refractivity contribution in [1.82, 2.24) is 4.90 Å². The van der Waals surface area contributed by atoms with E-state index in [2.05, 4.69) is 6.92 Å². The summed E-state index contributed by atoms with van der Waals surface area (Å²) in [5.74, 6) is 0.303. The second kappa shape index (κ2) is 8.78. The number of aryl methyl sites for hydroxylation is 1. The normalized spacial score (nSPS) is 17.4. The molecule has 1 atom stereocenters. The number of hydrogen-bond donors (Lipinski definition) is 0. The minimum atomic E-state index is -3.85. The molecule has 2 aromatic rings. The lowest BCUT2D eigenvalue weighted by atomic mass is 10.0. The molecule has 1 fully saturated rings. The molecule has 150 valence electrons. The number of carbonyl (C=O) groups excluding carboxylic acids is 1. The van der Waals surface area contributed by atoms with Gasteiger partial charge in [-0.3, -0.25) is 9.10 Å². The molecule has 2 aromatic carbocycles. The van der Waals surface area contributed by atoms with E-state index in [0.29, 0.717) is 31.1 Å². The van der Waals surface area contributed by atoms with Gasteiger partial charge in [-0.15, -0.1) is 0 Å². The maximum atomic E-state index is 13.4. The van der Waals surface area contributed by atoms with Crippen molar-refractivity contribution in [3.05, 3.63) is 60.2 Å². The Morgan fingerprint density at radius 1 is 1.11 bits per heavy atom. The molecule has 0 aliphatic carbocycles. The summed E-state index contributed by atoms with van der Waals surface area (Å²) in [5.41, 5.74) is 1.48. The summed E-state index contributed by atoms with van der Waals surface area (Å²) in [7, 11) is -3.85. The van der Waals surface area contributed by atoms with Crippen molar-refractivity contribution in [2.45, 2.75) is 38.0 Å². The summed E-state index contributed by atoms with van der Waals surface area (Å²) in [6.07, 6.45) is 2.75. The molecular formula is C22H28N2O3S. The molecule has 1 heterocycles. The maximum Gasteiger partial charge on any atom is 0.264 e. The maximum absolute atomic E-state index is 13.4. The van der Waals surface area contributed by atoms with E-state index in [1.807, 2.05) is 25.1 Å². The summed E-state index contributed by atoms with van der Waals surface area (Å²) in [6, 6.07) is 15.7. The van der Waals surface area contributed by atoms with Crippen molar-refractivity contribution < 1.29 is 13.2 Å². The number of carbonyl (C=O) groups is 1. The molecule has 0 saturated carbocycles. The number of amides is 1. The summed E-state index contributed by atoms with van der Waals surface area (Å²) in [4.78, 5) is 15.0. The van der Waals surface area contributed by atoms with E-state index in [4.69, 9.17) is 0 Å². The van der Waals surface area contributed by atoms with Gasteiger partial charge in [0.05, 0.1) is 10.6 Å². The highest BCUT2D eigenvalue weighted by molar-refractivity contribution is 7.92. The average molecular weight is 401 g/mol. The van der Waals surface area contributed by atoms with Crippen LogP contribution in [0.3, 0.4) is 0 Å². The van der Waals surface area contributed by atoms with Crippen LogP contribution < -0.4 is 4.31 Å². The third kappa shape index (κ3) is 4.38. The average Bonchev–Trinajstić information content (AvgIpc) is 2.72. The number of sulfonamides is 1. The number of likely N-dealkylation sites (tertiary alicyclic amines) is 1. The second-order valence-corrected chi connectivity index (χ2v) is 9.26. The lowest BCUT2D eigenvalue weighted by Gasteiger charge is -2.33. The van der Waals surface area contributed by atoms with Gasteiger partial charge in [-0.25, -0.2) is 8.42 Å². The van der Waals surface area contributed by atoms with Crippen LogP contribution >= 0.6 is 0 Å². The number of piperidine rings is 1. The Kier molecular flexibility index (Phi) is 6.39. The molecule has 0 bridgehead atoms. The first kappa shape index (κ1) is 20.4. The molecule has 0 spiro atoms. The Labute approximate surface area is 168 Å². The molecule has 0 unspecified atom stereocenters. The topological polar surface area (TPSA) is 57.7 Å². The Bertz CT molecular complexity index is 912. The SMILES string of the molecule is CCc1ccccc1N(CC(=O)N1CCC[C@H](C)C1)S(=O)(=O)c1ccccc1. The molecule has 0 radical (unpaired) electrons. The highest BCUT2D eigenvalue weighted by atomic mass is 32.2. The van der Waals surface area contributed by atoms with E-state index in [0.717, 1.165) is 18.4 Å². The molecule has 0 N–H and O–H groups in total. The first-order valence-electron chi connectivity index (χ1n) is 9.87. The van der Waals surface area contributed by atoms with Crippen molar-refractivity contribution in [3.63, 3.8) is 0 Å². The first-order chi connectivity index (χ1) is 13.4. The fourth-order valence-electron chi connectivity index (χ4n) is 3.71. The number of anilines is 1. The van der Waals surface area contributed by atoms with Crippen LogP contribution in [0.5, 0.6) is 0 Å². The molecule has 1 amide bonds. The highest BCUT2D eigenvalue weighted by Gasteiger charge is 2.31. The summed E-state index contributed by atoms with van der Waals surface area (Å²) in [6.45, 7) is 5.32. The van der Waals surface area contributed by atoms with Crippen LogP contribution in [0.4, 0.5) is 5.69 Å². The van der Waals surface area contributed by atoms with Crippen molar-refractivity contribution in [2.75, 3.05) is 23.9 Å². The lowest BCUT2D eigenvalue weighted by Crippen LogP contribution is -2.46. The van der Waals surface area contributed by atoms with Gasteiger partial charge in [-0.1, -0.05) is 50.2 Å². The van der Waals surface area contributed by atoms with Gasteiger partial charge in [-0.2, -0.15) is 0 Å². The second-order valence-electron chi connectivity index (χ2n) is 7.39. The highest BCUT2D eigenvalue weighted by Crippen LogP contribution is 2.28. The summed E-state index contributed by atoms with van der Waals surface area (Å²) < 4.78 is 28.2. The van der Waals surface area contributed by atoms with E-state index in [-0.39, 0.29) is 17.3 Å². The smallest absolute Gasteiger partial charge is 0.264 e. The van der Waals surface area contributed by atoms with Gasteiger partial charge in [0.1, 0.15) is 6.54 Å². The Hall–Kier alpha value is -2.34. The zero-order valence-corrected chi connectivity index (χ0v) is 17.4. The van der Waals surface area contributed by atoms with E-state index in [9.17, 15) is 13.2 Å². The van der Waals surface area contributed by atoms with Gasteiger partial charge < -0.3 is 4.90 Å². The van der Waals surface area contributed by atoms with Crippen LogP contribution in [0.25, 0.3) is 0 Å². The fraction of sp³-hybridized carbons (Fsp3) is 0.409. The van der Waals surface area contributed by atoms with Crippen molar-refractivity contribution >= 4 is 21.6 Å². The predicted octanol–water partition coefficient (Wildman–Crippen LogP) is 3.70. The molecule has 6 heteroatoms. The van der Waals surface area contributed by atoms with E-state index in [1.165, 1.54) is 4.31 Å². The predicted molar refractivity (Wildman–Crippen MR) is 112 cm³/mol. The third-order valence-corrected chi connectivity index (χ3v) is 7.03. The van der Waals surface area contributed by atoms with Crippen LogP contribution in [-0.4, -0.2) is 38.9 Å². The van der Waals surface area contributed by atoms with Crippen LogP contribution in [0, 0.1) is 5.92 Å². The third-order valence-electron chi connectivity index (χ3n) is 5.26. The quantitative estimate of drug-likeness (QED) is 0.743. The fourth-order valence-corrected chi connectivity index (χ4v) is 5.18. The van der Waals surface area contributed by atoms with Crippen molar-refractivity contribution in [1.29, 1.82) is 0 Å². The van der Waals surface area contributed by atoms with Crippen LogP contribution in [0.15, 0.2) is 59.5 Å². The van der Waals surface area contributed by atoms with Crippen molar-refractivity contribution in [3.8, 4) is 0 Å². The Balaban J connectivity index is 1.99. The summed E-state index contributed by atoms with van der Waals surface area (Å²) in [5, 5.41) is 0. The largest absolute Gasteiger partial charge is 0.341 e. The molecule has 1 aliphatic heterocycles. The van der Waals surface area contributed by atoms with Crippen LogP contribution in [0.2, 0.25) is 0 Å². The minimum Gasteiger partial charge on any atom is -0.341 e. The summed E-state index contributed by atoms with van der Waals surface area (Å²) >= 11 is 0. The van der Waals surface area contributed by atoms with Gasteiger partial charge in [0.2, 0.25) is 5.91 Å². The molecule has 0 aromatic heterocycles. The number of benzene rings is 2. The van der Waals surface area contributed by atoms with Gasteiger partial charge in [0, 0.05) is 13.1 Å². The molecule has 5 nitrogen and oxygen atoms in total. The van der Waals surface area contributed by atoms with E-state index < -0.39 is 10.0 Å². The zero-order chi connectivity index (χ0) is 20.1. The lowest BCUT2D eigenvalue weighted by molar-refractivity contribution is -0.131. The Morgan fingerprint density at radius 3 is 2.46 bits per heavy atom. The standard InChI is InChI=1S/C22H28N2O3S/c1-3-19-11-7-8-14-21(19)24(28(26,27)20-12-5-4-6-13-20)17-22(25)23-15-9-10-18(2)16-23/h4-8,11-14,18H,3,9-10,15-17H2,1-2H3/t18-/m0/s1.